The van der Waals surface area contributed by atoms with Gasteiger partial charge in [-0.1, -0.05) is 30.3 Å². The first-order chi connectivity index (χ1) is 13.9. The number of amides is 3. The Hall–Kier alpha value is -3.39. The van der Waals surface area contributed by atoms with Crippen LogP contribution in [0.5, 0.6) is 5.75 Å². The average Bonchev–Trinajstić information content (AvgIpc) is 2.99. The lowest BCUT2D eigenvalue weighted by atomic mass is 10.2. The monoisotopic (exact) mass is 409 g/mol. The Kier molecular flexibility index (Phi) is 6.46. The van der Waals surface area contributed by atoms with Crippen molar-refractivity contribution in [2.75, 3.05) is 11.9 Å². The summed E-state index contributed by atoms with van der Waals surface area (Å²) >= 11 is 1.07. The molecule has 1 aliphatic rings. The minimum absolute atomic E-state index is 0.178. The van der Waals surface area contributed by atoms with Crippen molar-refractivity contribution in [1.29, 1.82) is 0 Å². The molecule has 148 valence electrons. The number of anilines is 1. The molecule has 0 saturated heterocycles. The maximum absolute atomic E-state index is 12.2. The van der Waals surface area contributed by atoms with Crippen LogP contribution in [0.3, 0.4) is 0 Å². The van der Waals surface area contributed by atoms with Gasteiger partial charge < -0.3 is 15.4 Å². The zero-order chi connectivity index (χ0) is 20.8. The van der Waals surface area contributed by atoms with E-state index in [-0.39, 0.29) is 23.6 Å². The van der Waals surface area contributed by atoms with E-state index in [9.17, 15) is 14.4 Å². The van der Waals surface area contributed by atoms with Crippen molar-refractivity contribution >= 4 is 46.4 Å². The summed E-state index contributed by atoms with van der Waals surface area (Å²) in [6, 6.07) is 14.5. The molecule has 0 saturated carbocycles. The molecule has 2 aromatic rings. The molecule has 0 spiro atoms. The molecule has 1 heterocycles. The molecule has 0 unspecified atom stereocenters. The van der Waals surface area contributed by atoms with Crippen molar-refractivity contribution in [3.63, 3.8) is 0 Å². The highest BCUT2D eigenvalue weighted by Crippen LogP contribution is 2.30. The van der Waals surface area contributed by atoms with Crippen LogP contribution < -0.4 is 15.4 Å². The fourth-order valence-corrected chi connectivity index (χ4v) is 3.40. The van der Waals surface area contributed by atoms with E-state index >= 15 is 0 Å². The van der Waals surface area contributed by atoms with Crippen molar-refractivity contribution in [1.82, 2.24) is 5.32 Å². The summed E-state index contributed by atoms with van der Waals surface area (Å²) in [7, 11) is 0. The predicted molar refractivity (Wildman–Crippen MR) is 114 cm³/mol. The molecule has 8 heteroatoms. The van der Waals surface area contributed by atoms with Crippen LogP contribution in [0.2, 0.25) is 0 Å². The van der Waals surface area contributed by atoms with Crippen LogP contribution in [0.4, 0.5) is 5.69 Å². The Balaban J connectivity index is 1.66. The van der Waals surface area contributed by atoms with Crippen LogP contribution in [-0.4, -0.2) is 29.5 Å². The van der Waals surface area contributed by atoms with Gasteiger partial charge in [-0.3, -0.25) is 14.4 Å². The minimum atomic E-state index is -0.439. The molecule has 29 heavy (non-hydrogen) atoms. The Labute approximate surface area is 172 Å². The zero-order valence-electron chi connectivity index (χ0n) is 15.9. The van der Waals surface area contributed by atoms with E-state index in [2.05, 4.69) is 15.6 Å². The molecule has 0 aromatic heterocycles. The molecule has 0 atom stereocenters. The Morgan fingerprint density at radius 1 is 1.14 bits per heavy atom. The van der Waals surface area contributed by atoms with E-state index in [0.717, 1.165) is 17.3 Å². The highest BCUT2D eigenvalue weighted by atomic mass is 32.2. The molecule has 2 N–H and O–H groups in total. The maximum atomic E-state index is 12.2. The first-order valence-corrected chi connectivity index (χ1v) is 9.61. The van der Waals surface area contributed by atoms with E-state index in [4.69, 9.17) is 4.74 Å². The third-order valence-electron chi connectivity index (χ3n) is 3.77. The van der Waals surface area contributed by atoms with E-state index in [1.807, 2.05) is 25.1 Å². The number of carbonyl (C=O) groups excluding carboxylic acids is 3. The van der Waals surface area contributed by atoms with Gasteiger partial charge in [0.25, 0.3) is 11.8 Å². The summed E-state index contributed by atoms with van der Waals surface area (Å²) in [5.74, 6) is -0.569. The zero-order valence-corrected chi connectivity index (χ0v) is 16.7. The average molecular weight is 409 g/mol. The molecule has 3 rings (SSSR count). The van der Waals surface area contributed by atoms with Gasteiger partial charge in [0.1, 0.15) is 5.75 Å². The summed E-state index contributed by atoms with van der Waals surface area (Å²) in [5.41, 5.74) is 2.37. The SMILES string of the molecule is CC(=O)NC1=NC(=O)/C(=C/c2ccccc2OCC(=O)Nc2cccc(C)c2)S1. The highest BCUT2D eigenvalue weighted by Gasteiger charge is 2.23. The summed E-state index contributed by atoms with van der Waals surface area (Å²) in [6.45, 7) is 3.11. The van der Waals surface area contributed by atoms with Crippen LogP contribution in [0.1, 0.15) is 18.1 Å². The summed E-state index contributed by atoms with van der Waals surface area (Å²) < 4.78 is 5.65. The number of nitrogens with zero attached hydrogens (tertiary/aromatic N) is 1. The molecular formula is C21H19N3O4S. The van der Waals surface area contributed by atoms with Crippen LogP contribution in [0.15, 0.2) is 58.4 Å². The summed E-state index contributed by atoms with van der Waals surface area (Å²) in [5, 5.41) is 5.52. The first kappa shape index (κ1) is 20.3. The molecule has 0 aliphatic carbocycles. The number of thioether (sulfide) groups is 1. The maximum Gasteiger partial charge on any atom is 0.286 e. The molecule has 0 radical (unpaired) electrons. The Bertz CT molecular complexity index is 1030. The topological polar surface area (TPSA) is 96.9 Å². The third kappa shape index (κ3) is 5.79. The Morgan fingerprint density at radius 3 is 2.69 bits per heavy atom. The van der Waals surface area contributed by atoms with Crippen molar-refractivity contribution in [3.8, 4) is 5.75 Å². The van der Waals surface area contributed by atoms with Gasteiger partial charge in [0.05, 0.1) is 4.91 Å². The van der Waals surface area contributed by atoms with E-state index in [0.29, 0.717) is 21.9 Å². The summed E-state index contributed by atoms with van der Waals surface area (Å²) in [4.78, 5) is 39.5. The second-order valence-corrected chi connectivity index (χ2v) is 7.29. The lowest BCUT2D eigenvalue weighted by Gasteiger charge is -2.10. The van der Waals surface area contributed by atoms with Crippen molar-refractivity contribution in [2.45, 2.75) is 13.8 Å². The number of benzene rings is 2. The molecule has 0 bridgehead atoms. The minimum Gasteiger partial charge on any atom is -0.483 e. The van der Waals surface area contributed by atoms with Crippen LogP contribution in [-0.2, 0) is 14.4 Å². The lowest BCUT2D eigenvalue weighted by molar-refractivity contribution is -0.118. The van der Waals surface area contributed by atoms with Crippen LogP contribution in [0.25, 0.3) is 6.08 Å². The smallest absolute Gasteiger partial charge is 0.286 e. The number of aryl methyl sites for hydroxylation is 1. The van der Waals surface area contributed by atoms with Crippen LogP contribution in [0, 0.1) is 6.92 Å². The molecular weight excluding hydrogens is 390 g/mol. The third-order valence-corrected chi connectivity index (χ3v) is 4.67. The number of hydrogen-bond donors (Lipinski definition) is 2. The number of carbonyl (C=O) groups is 3. The number of aliphatic imine (C=N–C) groups is 1. The van der Waals surface area contributed by atoms with Gasteiger partial charge in [-0.2, -0.15) is 4.99 Å². The normalized spacial score (nSPS) is 14.5. The quantitative estimate of drug-likeness (QED) is 0.740. The van der Waals surface area contributed by atoms with Gasteiger partial charge >= 0.3 is 0 Å². The second kappa shape index (κ2) is 9.20. The van der Waals surface area contributed by atoms with Crippen molar-refractivity contribution in [2.24, 2.45) is 4.99 Å². The van der Waals surface area contributed by atoms with Crippen molar-refractivity contribution in [3.05, 3.63) is 64.6 Å². The first-order valence-electron chi connectivity index (χ1n) is 8.79. The van der Waals surface area contributed by atoms with Gasteiger partial charge in [0.15, 0.2) is 11.8 Å². The molecule has 0 fully saturated rings. The molecule has 1 aliphatic heterocycles. The number of ether oxygens (including phenoxy) is 1. The van der Waals surface area contributed by atoms with E-state index in [1.165, 1.54) is 6.92 Å². The predicted octanol–water partition coefficient (Wildman–Crippen LogP) is 3.12. The Morgan fingerprint density at radius 2 is 1.93 bits per heavy atom. The van der Waals surface area contributed by atoms with Crippen molar-refractivity contribution < 1.29 is 19.1 Å². The van der Waals surface area contributed by atoms with Gasteiger partial charge in [-0.25, -0.2) is 0 Å². The standard InChI is InChI=1S/C21H19N3O4S/c1-13-6-5-8-16(10-13)23-19(26)12-28-17-9-4-3-7-15(17)11-18-20(27)24-21(29-18)22-14(2)25/h3-11H,12H2,1-2H3,(H,23,26)(H,22,24,25,27)/b18-11-. The largest absolute Gasteiger partial charge is 0.483 e. The second-order valence-electron chi connectivity index (χ2n) is 6.26. The van der Waals surface area contributed by atoms with Gasteiger partial charge in [0.2, 0.25) is 5.91 Å². The van der Waals surface area contributed by atoms with Gasteiger partial charge in [-0.15, -0.1) is 0 Å². The highest BCUT2D eigenvalue weighted by molar-refractivity contribution is 8.18. The van der Waals surface area contributed by atoms with Gasteiger partial charge in [0, 0.05) is 18.2 Å². The number of rotatable bonds is 5. The van der Waals surface area contributed by atoms with Gasteiger partial charge in [-0.05, 0) is 48.5 Å². The molecule has 7 nitrogen and oxygen atoms in total. The fraction of sp³-hybridized carbons (Fsp3) is 0.143. The molecule has 2 aromatic carbocycles. The van der Waals surface area contributed by atoms with Crippen LogP contribution >= 0.6 is 11.8 Å². The number of amidine groups is 1. The number of para-hydroxylation sites is 1. The van der Waals surface area contributed by atoms with E-state index in [1.54, 1.807) is 36.4 Å². The lowest BCUT2D eigenvalue weighted by Crippen LogP contribution is -2.23. The molecule has 3 amide bonds. The summed E-state index contributed by atoms with van der Waals surface area (Å²) in [6.07, 6.45) is 1.62. The number of hydrogen-bond acceptors (Lipinski definition) is 5. The van der Waals surface area contributed by atoms with E-state index < -0.39 is 5.91 Å². The number of nitrogens with one attached hydrogen (secondary N) is 2. The fourth-order valence-electron chi connectivity index (χ4n) is 2.55.